The van der Waals surface area contributed by atoms with Gasteiger partial charge in [-0.1, -0.05) is 72.6 Å². The van der Waals surface area contributed by atoms with Crippen LogP contribution in [0.15, 0.2) is 0 Å². The molecule has 0 rings (SSSR count). The average molecular weight is 386 g/mol. The molecule has 0 radical (unpaired) electrons. The third-order valence-electron chi connectivity index (χ3n) is 4.76. The lowest BCUT2D eigenvalue weighted by Gasteiger charge is -2.32. The molecule has 2 atom stereocenters. The van der Waals surface area contributed by atoms with Crippen molar-refractivity contribution in [2.45, 2.75) is 98.4 Å². The minimum absolute atomic E-state index is 0.0851. The van der Waals surface area contributed by atoms with Gasteiger partial charge in [0, 0.05) is 12.8 Å². The van der Waals surface area contributed by atoms with Gasteiger partial charge in [-0.15, -0.1) is 0 Å². The normalized spacial score (nSPS) is 13.7. The Hall–Kier alpha value is -1.59. The summed E-state index contributed by atoms with van der Waals surface area (Å²) in [5, 5.41) is 12.1. The van der Waals surface area contributed by atoms with Gasteiger partial charge in [-0.05, 0) is 11.8 Å². The molecule has 0 unspecified atom stereocenters. The summed E-state index contributed by atoms with van der Waals surface area (Å²) in [6.07, 6.45) is 8.27. The molecule has 0 saturated heterocycles. The molecule has 0 aromatic heterocycles. The van der Waals surface area contributed by atoms with Gasteiger partial charge in [-0.3, -0.25) is 14.4 Å². The highest BCUT2D eigenvalue weighted by Gasteiger charge is 2.30. The molecule has 0 heterocycles. The van der Waals surface area contributed by atoms with Crippen LogP contribution in [-0.2, 0) is 19.1 Å². The molecule has 0 aromatic rings. The van der Waals surface area contributed by atoms with Gasteiger partial charge in [-0.2, -0.15) is 0 Å². The van der Waals surface area contributed by atoms with Crippen LogP contribution in [0, 0.1) is 11.3 Å². The average Bonchev–Trinajstić information content (AvgIpc) is 2.54. The van der Waals surface area contributed by atoms with Crippen molar-refractivity contribution < 1.29 is 24.2 Å². The summed E-state index contributed by atoms with van der Waals surface area (Å²) in [6, 6.07) is -0.362. The minimum atomic E-state index is -0.967. The fourth-order valence-electron chi connectivity index (χ4n) is 2.88. The van der Waals surface area contributed by atoms with E-state index in [4.69, 9.17) is 9.84 Å². The second-order valence-corrected chi connectivity index (χ2v) is 8.43. The summed E-state index contributed by atoms with van der Waals surface area (Å²) < 4.78 is 5.07. The highest BCUT2D eigenvalue weighted by Crippen LogP contribution is 2.22. The Bertz CT molecular complexity index is 456. The van der Waals surface area contributed by atoms with Crippen LogP contribution in [0.4, 0.5) is 0 Å². The van der Waals surface area contributed by atoms with Crippen molar-refractivity contribution >= 4 is 17.8 Å². The number of unbranched alkanes of at least 4 members (excludes halogenated alkanes) is 6. The van der Waals surface area contributed by atoms with Gasteiger partial charge in [0.05, 0.1) is 12.5 Å². The number of carbonyl (C=O) groups excluding carboxylic acids is 2. The van der Waals surface area contributed by atoms with Crippen molar-refractivity contribution in [1.82, 2.24) is 5.32 Å². The first-order valence-corrected chi connectivity index (χ1v) is 10.2. The van der Waals surface area contributed by atoms with Crippen LogP contribution in [0.2, 0.25) is 0 Å². The third kappa shape index (κ3) is 13.3. The Kier molecular flexibility index (Phi) is 12.8. The number of nitrogens with one attached hydrogen (secondary N) is 1. The van der Waals surface area contributed by atoms with Crippen molar-refractivity contribution in [1.29, 1.82) is 0 Å². The molecule has 0 aromatic carbocycles. The zero-order valence-electron chi connectivity index (χ0n) is 17.8. The van der Waals surface area contributed by atoms with Gasteiger partial charge in [0.15, 0.2) is 0 Å². The number of esters is 1. The van der Waals surface area contributed by atoms with Crippen LogP contribution in [0.1, 0.15) is 92.4 Å². The zero-order valence-corrected chi connectivity index (χ0v) is 17.8. The summed E-state index contributed by atoms with van der Waals surface area (Å²) in [7, 11) is 0. The molecule has 6 heteroatoms. The molecule has 6 nitrogen and oxygen atoms in total. The third-order valence-corrected chi connectivity index (χ3v) is 4.76. The van der Waals surface area contributed by atoms with Crippen LogP contribution < -0.4 is 5.32 Å². The second kappa shape index (κ2) is 13.6. The van der Waals surface area contributed by atoms with Crippen molar-refractivity contribution in [2.75, 3.05) is 6.61 Å². The van der Waals surface area contributed by atoms with E-state index >= 15 is 0 Å². The lowest BCUT2D eigenvalue weighted by Crippen LogP contribution is -2.49. The first-order chi connectivity index (χ1) is 12.6. The first kappa shape index (κ1) is 25.4. The SMILES string of the molecule is CCCCCCCCC[C@H](CC(=O)O)C(=O)N[C@H](COC(C)=O)C(C)(C)C. The van der Waals surface area contributed by atoms with E-state index in [1.165, 1.54) is 32.6 Å². The number of hydrogen-bond acceptors (Lipinski definition) is 4. The van der Waals surface area contributed by atoms with Crippen molar-refractivity contribution in [2.24, 2.45) is 11.3 Å². The second-order valence-electron chi connectivity index (χ2n) is 8.43. The molecule has 158 valence electrons. The van der Waals surface area contributed by atoms with Crippen molar-refractivity contribution in [3.05, 3.63) is 0 Å². The van der Waals surface area contributed by atoms with Gasteiger partial charge in [0.1, 0.15) is 6.61 Å². The van der Waals surface area contributed by atoms with Crippen LogP contribution in [0.5, 0.6) is 0 Å². The predicted molar refractivity (Wildman–Crippen MR) is 106 cm³/mol. The van der Waals surface area contributed by atoms with E-state index in [0.29, 0.717) is 6.42 Å². The number of carbonyl (C=O) groups is 3. The largest absolute Gasteiger partial charge is 0.481 e. The molecule has 1 amide bonds. The van der Waals surface area contributed by atoms with E-state index in [1.807, 2.05) is 20.8 Å². The number of carboxylic acid groups (broad SMARTS) is 1. The van der Waals surface area contributed by atoms with Crippen LogP contribution in [0.25, 0.3) is 0 Å². The fourth-order valence-corrected chi connectivity index (χ4v) is 2.88. The monoisotopic (exact) mass is 385 g/mol. The highest BCUT2D eigenvalue weighted by atomic mass is 16.5. The Morgan fingerprint density at radius 1 is 1.00 bits per heavy atom. The molecule has 0 aliphatic heterocycles. The lowest BCUT2D eigenvalue weighted by atomic mass is 9.86. The summed E-state index contributed by atoms with van der Waals surface area (Å²) in [5.41, 5.74) is -0.307. The van der Waals surface area contributed by atoms with Crippen LogP contribution in [-0.4, -0.2) is 35.6 Å². The van der Waals surface area contributed by atoms with Gasteiger partial charge < -0.3 is 15.2 Å². The van der Waals surface area contributed by atoms with Crippen molar-refractivity contribution in [3.63, 3.8) is 0 Å². The standard InChI is InChI=1S/C21H39NO5/c1-6-7-8-9-10-11-12-13-17(14-19(24)25)20(26)22-18(21(3,4)5)15-27-16(2)23/h17-18H,6-15H2,1-5H3,(H,22,26)(H,24,25)/t17-,18-/m1/s1. The summed E-state index contributed by atoms with van der Waals surface area (Å²) in [6.45, 7) is 9.44. The fraction of sp³-hybridized carbons (Fsp3) is 0.857. The molecule has 0 saturated carbocycles. The van der Waals surface area contributed by atoms with E-state index in [9.17, 15) is 14.4 Å². The van der Waals surface area contributed by atoms with E-state index in [-0.39, 0.29) is 30.4 Å². The topological polar surface area (TPSA) is 92.7 Å². The number of ether oxygens (including phenoxy) is 1. The molecule has 0 spiro atoms. The Labute approximate surface area is 164 Å². The lowest BCUT2D eigenvalue weighted by molar-refractivity contribution is -0.144. The maximum atomic E-state index is 12.7. The summed E-state index contributed by atoms with van der Waals surface area (Å²) in [4.78, 5) is 34.9. The highest BCUT2D eigenvalue weighted by molar-refractivity contribution is 5.83. The van der Waals surface area contributed by atoms with E-state index in [2.05, 4.69) is 12.2 Å². The van der Waals surface area contributed by atoms with E-state index in [0.717, 1.165) is 19.3 Å². The maximum absolute atomic E-state index is 12.7. The maximum Gasteiger partial charge on any atom is 0.304 e. The Morgan fingerprint density at radius 2 is 1.56 bits per heavy atom. The van der Waals surface area contributed by atoms with Gasteiger partial charge in [0.2, 0.25) is 5.91 Å². The molecule has 0 aliphatic carbocycles. The van der Waals surface area contributed by atoms with Crippen LogP contribution >= 0.6 is 0 Å². The van der Waals surface area contributed by atoms with E-state index in [1.54, 1.807) is 0 Å². The number of carboxylic acids is 1. The molecule has 0 aliphatic rings. The van der Waals surface area contributed by atoms with Gasteiger partial charge >= 0.3 is 11.9 Å². The van der Waals surface area contributed by atoms with Gasteiger partial charge in [-0.25, -0.2) is 0 Å². The summed E-state index contributed by atoms with van der Waals surface area (Å²) in [5.74, 6) is -2.19. The molecule has 27 heavy (non-hydrogen) atoms. The Morgan fingerprint density at radius 3 is 2.04 bits per heavy atom. The number of hydrogen-bond donors (Lipinski definition) is 2. The Balaban J connectivity index is 4.63. The van der Waals surface area contributed by atoms with Crippen molar-refractivity contribution in [3.8, 4) is 0 Å². The molecule has 0 fully saturated rings. The zero-order chi connectivity index (χ0) is 20.9. The predicted octanol–water partition coefficient (Wildman–Crippen LogP) is 4.31. The van der Waals surface area contributed by atoms with E-state index < -0.39 is 17.9 Å². The molecular formula is C21H39NO5. The van der Waals surface area contributed by atoms with Crippen LogP contribution in [0.3, 0.4) is 0 Å². The molecule has 2 N–H and O–H groups in total. The first-order valence-electron chi connectivity index (χ1n) is 10.2. The molecule has 0 bridgehead atoms. The van der Waals surface area contributed by atoms with Gasteiger partial charge in [0.25, 0.3) is 0 Å². The number of rotatable bonds is 14. The summed E-state index contributed by atoms with van der Waals surface area (Å²) >= 11 is 0. The molecular weight excluding hydrogens is 346 g/mol. The quantitative estimate of drug-likeness (QED) is 0.343. The number of amides is 1. The number of aliphatic carboxylic acids is 1. The smallest absolute Gasteiger partial charge is 0.304 e. The minimum Gasteiger partial charge on any atom is -0.481 e.